The lowest BCUT2D eigenvalue weighted by Crippen LogP contribution is -2.30. The number of ether oxygens (including phenoxy) is 1. The quantitative estimate of drug-likeness (QED) is 0.544. The molecule has 0 aliphatic carbocycles. The molecule has 6 nitrogen and oxygen atoms in total. The molecule has 0 radical (unpaired) electrons. The molecule has 3 aromatic rings. The van der Waals surface area contributed by atoms with Crippen LogP contribution in [0.25, 0.3) is 0 Å². The van der Waals surface area contributed by atoms with Gasteiger partial charge in [0.2, 0.25) is 0 Å². The second kappa shape index (κ2) is 9.73. The monoisotopic (exact) mass is 448 g/mol. The number of amides is 1. The molecule has 0 fully saturated rings. The fourth-order valence-corrected chi connectivity index (χ4v) is 5.03. The van der Waals surface area contributed by atoms with Crippen LogP contribution in [0.4, 0.5) is 10.1 Å². The summed E-state index contributed by atoms with van der Waals surface area (Å²) in [4.78, 5) is 11.9. The highest BCUT2D eigenvalue weighted by molar-refractivity contribution is 7.94. The highest BCUT2D eigenvalue weighted by Crippen LogP contribution is 2.26. The van der Waals surface area contributed by atoms with Gasteiger partial charge in [0.15, 0.2) is 6.61 Å². The lowest BCUT2D eigenvalue weighted by molar-refractivity contribution is -0.123. The van der Waals surface area contributed by atoms with E-state index < -0.39 is 10.0 Å². The zero-order chi connectivity index (χ0) is 21.6. The molecule has 1 N–H and O–H groups in total. The number of anilines is 1. The fraction of sp³-hybridized carbons (Fsp3) is 0.190. The van der Waals surface area contributed by atoms with Crippen molar-refractivity contribution >= 4 is 33.0 Å². The largest absolute Gasteiger partial charge is 0.484 e. The molecule has 1 amide bonds. The van der Waals surface area contributed by atoms with Crippen LogP contribution in [0.2, 0.25) is 0 Å². The number of hydrogen-bond donors (Lipinski definition) is 1. The van der Waals surface area contributed by atoms with E-state index in [1.807, 2.05) is 0 Å². The Balaban J connectivity index is 1.48. The van der Waals surface area contributed by atoms with E-state index in [9.17, 15) is 17.6 Å². The standard InChI is InChI=1S/C21H21FN2O4S2/c1-24(30(26,27)21-7-4-14-29-21)17-8-10-18(11-9-17)28-15-20(25)23-13-12-16-5-2-3-6-19(16)22/h2-11,14H,12-13,15H2,1H3,(H,23,25). The Labute approximate surface area is 179 Å². The predicted octanol–water partition coefficient (Wildman–Crippen LogP) is 3.45. The Morgan fingerprint density at radius 3 is 2.50 bits per heavy atom. The lowest BCUT2D eigenvalue weighted by Gasteiger charge is -2.18. The molecule has 0 bridgehead atoms. The van der Waals surface area contributed by atoms with E-state index in [2.05, 4.69) is 5.32 Å². The normalized spacial score (nSPS) is 11.1. The van der Waals surface area contributed by atoms with Crippen molar-refractivity contribution in [2.45, 2.75) is 10.6 Å². The van der Waals surface area contributed by atoms with Crippen LogP contribution in [0.15, 0.2) is 70.3 Å². The van der Waals surface area contributed by atoms with E-state index in [1.54, 1.807) is 60.0 Å². The molecule has 30 heavy (non-hydrogen) atoms. The maximum Gasteiger partial charge on any atom is 0.273 e. The molecule has 9 heteroatoms. The third-order valence-corrected chi connectivity index (χ3v) is 7.51. The molecule has 3 rings (SSSR count). The van der Waals surface area contributed by atoms with Gasteiger partial charge in [-0.1, -0.05) is 24.3 Å². The predicted molar refractivity (Wildman–Crippen MR) is 115 cm³/mol. The van der Waals surface area contributed by atoms with Gasteiger partial charge < -0.3 is 10.1 Å². The van der Waals surface area contributed by atoms with Gasteiger partial charge in [0, 0.05) is 13.6 Å². The smallest absolute Gasteiger partial charge is 0.273 e. The highest BCUT2D eigenvalue weighted by Gasteiger charge is 2.22. The van der Waals surface area contributed by atoms with Gasteiger partial charge in [0.25, 0.3) is 15.9 Å². The van der Waals surface area contributed by atoms with Gasteiger partial charge in [0.1, 0.15) is 15.8 Å². The molecule has 0 unspecified atom stereocenters. The molecule has 2 aromatic carbocycles. The Morgan fingerprint density at radius 1 is 1.10 bits per heavy atom. The number of nitrogens with one attached hydrogen (secondary N) is 1. The Bertz CT molecular complexity index is 1080. The van der Waals surface area contributed by atoms with Crippen LogP contribution in [0.3, 0.4) is 0 Å². The maximum absolute atomic E-state index is 13.5. The van der Waals surface area contributed by atoms with Gasteiger partial charge in [0.05, 0.1) is 5.69 Å². The molecular formula is C21H21FN2O4S2. The summed E-state index contributed by atoms with van der Waals surface area (Å²) < 4.78 is 45.5. The number of halogens is 1. The Hall–Kier alpha value is -2.91. The maximum atomic E-state index is 13.5. The fourth-order valence-electron chi connectivity index (χ4n) is 2.67. The molecule has 0 aliphatic heterocycles. The van der Waals surface area contributed by atoms with Crippen molar-refractivity contribution in [3.63, 3.8) is 0 Å². The number of carbonyl (C=O) groups is 1. The van der Waals surface area contributed by atoms with Crippen molar-refractivity contribution in [2.75, 3.05) is 24.5 Å². The zero-order valence-corrected chi connectivity index (χ0v) is 17.9. The van der Waals surface area contributed by atoms with E-state index in [1.165, 1.54) is 17.4 Å². The topological polar surface area (TPSA) is 75.7 Å². The van der Waals surface area contributed by atoms with Gasteiger partial charge in [-0.25, -0.2) is 12.8 Å². The van der Waals surface area contributed by atoms with Gasteiger partial charge in [-0.3, -0.25) is 9.10 Å². The van der Waals surface area contributed by atoms with Crippen LogP contribution in [-0.4, -0.2) is 34.5 Å². The highest BCUT2D eigenvalue weighted by atomic mass is 32.2. The van der Waals surface area contributed by atoms with Crippen molar-refractivity contribution < 1.29 is 22.3 Å². The summed E-state index contributed by atoms with van der Waals surface area (Å²) in [6.45, 7) is 0.105. The number of thiophene rings is 1. The van der Waals surface area contributed by atoms with E-state index in [-0.39, 0.29) is 22.5 Å². The number of hydrogen-bond acceptors (Lipinski definition) is 5. The summed E-state index contributed by atoms with van der Waals surface area (Å²) in [5.41, 5.74) is 1.01. The van der Waals surface area contributed by atoms with E-state index in [4.69, 9.17) is 4.74 Å². The summed E-state index contributed by atoms with van der Waals surface area (Å²) >= 11 is 1.15. The molecule has 0 saturated carbocycles. The minimum Gasteiger partial charge on any atom is -0.484 e. The first-order chi connectivity index (χ1) is 14.4. The van der Waals surface area contributed by atoms with Crippen molar-refractivity contribution in [2.24, 2.45) is 0 Å². The average molecular weight is 449 g/mol. The Morgan fingerprint density at radius 2 is 1.83 bits per heavy atom. The van der Waals surface area contributed by atoms with Gasteiger partial charge in [-0.05, 0) is 53.8 Å². The molecule has 0 spiro atoms. The SMILES string of the molecule is CN(c1ccc(OCC(=O)NCCc2ccccc2F)cc1)S(=O)(=O)c1cccs1. The number of carbonyl (C=O) groups excluding carboxylic acids is 1. The number of rotatable bonds is 9. The summed E-state index contributed by atoms with van der Waals surface area (Å²) in [7, 11) is -2.12. The molecular weight excluding hydrogens is 427 g/mol. The molecule has 0 aliphatic rings. The van der Waals surface area contributed by atoms with Crippen LogP contribution < -0.4 is 14.4 Å². The minimum atomic E-state index is -3.60. The number of sulfonamides is 1. The van der Waals surface area contributed by atoms with Crippen LogP contribution in [0.1, 0.15) is 5.56 Å². The van der Waals surface area contributed by atoms with Gasteiger partial charge in [-0.15, -0.1) is 11.3 Å². The van der Waals surface area contributed by atoms with Crippen molar-refractivity contribution in [3.05, 3.63) is 77.4 Å². The third-order valence-electron chi connectivity index (χ3n) is 4.35. The van der Waals surface area contributed by atoms with Crippen LogP contribution in [-0.2, 0) is 21.2 Å². The summed E-state index contributed by atoms with van der Waals surface area (Å²) in [5.74, 6) is -0.188. The van der Waals surface area contributed by atoms with E-state index in [0.717, 1.165) is 11.3 Å². The molecule has 0 atom stereocenters. The average Bonchev–Trinajstić information content (AvgIpc) is 3.29. The first-order valence-electron chi connectivity index (χ1n) is 9.13. The van der Waals surface area contributed by atoms with E-state index in [0.29, 0.717) is 30.0 Å². The van der Waals surface area contributed by atoms with Crippen LogP contribution in [0, 0.1) is 5.82 Å². The molecule has 1 heterocycles. The van der Waals surface area contributed by atoms with Crippen LogP contribution in [0.5, 0.6) is 5.75 Å². The Kier molecular flexibility index (Phi) is 7.07. The van der Waals surface area contributed by atoms with Crippen molar-refractivity contribution in [1.29, 1.82) is 0 Å². The third kappa shape index (κ3) is 5.37. The van der Waals surface area contributed by atoms with Gasteiger partial charge in [-0.2, -0.15) is 0 Å². The molecule has 158 valence electrons. The second-order valence-electron chi connectivity index (χ2n) is 6.38. The van der Waals surface area contributed by atoms with Crippen molar-refractivity contribution in [1.82, 2.24) is 5.32 Å². The first-order valence-corrected chi connectivity index (χ1v) is 11.5. The molecule has 0 saturated heterocycles. The minimum absolute atomic E-state index is 0.194. The summed E-state index contributed by atoms with van der Waals surface area (Å²) in [5, 5.41) is 4.38. The second-order valence-corrected chi connectivity index (χ2v) is 9.52. The number of benzene rings is 2. The molecule has 1 aromatic heterocycles. The summed E-state index contributed by atoms with van der Waals surface area (Å²) in [6.07, 6.45) is 0.387. The van der Waals surface area contributed by atoms with Crippen LogP contribution >= 0.6 is 11.3 Å². The number of nitrogens with zero attached hydrogens (tertiary/aromatic N) is 1. The van der Waals surface area contributed by atoms with Crippen molar-refractivity contribution in [3.8, 4) is 5.75 Å². The lowest BCUT2D eigenvalue weighted by atomic mass is 10.1. The zero-order valence-electron chi connectivity index (χ0n) is 16.2. The van der Waals surface area contributed by atoms with E-state index >= 15 is 0 Å². The summed E-state index contributed by atoms with van der Waals surface area (Å²) in [6, 6.07) is 16.1. The first kappa shape index (κ1) is 21.8. The van der Waals surface area contributed by atoms with Gasteiger partial charge >= 0.3 is 0 Å².